The Labute approximate surface area is 217 Å². The summed E-state index contributed by atoms with van der Waals surface area (Å²) in [5, 5.41) is 2.68. The molecule has 196 valence electrons. The highest BCUT2D eigenvalue weighted by molar-refractivity contribution is 5.85. The van der Waals surface area contributed by atoms with Gasteiger partial charge in [0.1, 0.15) is 25.9 Å². The van der Waals surface area contributed by atoms with Crippen molar-refractivity contribution in [2.24, 2.45) is 0 Å². The summed E-state index contributed by atoms with van der Waals surface area (Å²) in [5.74, 6) is 0.139. The molecule has 0 saturated heterocycles. The highest BCUT2D eigenvalue weighted by Gasteiger charge is 2.23. The van der Waals surface area contributed by atoms with Gasteiger partial charge in [0, 0.05) is 13.5 Å². The number of hydrogen-bond donors (Lipinski definition) is 1. The molecule has 0 radical (unpaired) electrons. The lowest BCUT2D eigenvalue weighted by molar-refractivity contribution is -0.145. The van der Waals surface area contributed by atoms with Gasteiger partial charge in [0.25, 0.3) is 0 Å². The molecule has 0 bridgehead atoms. The first-order valence-electron chi connectivity index (χ1n) is 12.0. The van der Waals surface area contributed by atoms with Crippen molar-refractivity contribution < 1.29 is 33.3 Å². The summed E-state index contributed by atoms with van der Waals surface area (Å²) in [5.41, 5.74) is 2.81. The zero-order valence-electron chi connectivity index (χ0n) is 21.2. The second kappa shape index (κ2) is 15.3. The van der Waals surface area contributed by atoms with Crippen LogP contribution in [0.3, 0.4) is 0 Å². The largest absolute Gasteiger partial charge is 0.485 e. The van der Waals surface area contributed by atoms with Gasteiger partial charge in [-0.2, -0.15) is 0 Å². The normalized spacial score (nSPS) is 11.4. The number of nitrogens with one attached hydrogen (secondary N) is 1. The zero-order valence-corrected chi connectivity index (χ0v) is 21.2. The summed E-state index contributed by atoms with van der Waals surface area (Å²) in [6.07, 6.45) is 0.206. The molecule has 3 aromatic rings. The SMILES string of the molecule is COCCOCC(=O)N[C@H](Cc1ccc(OCc2ccccc2)c(OCc2ccccc2)c1)C(=O)OC. The molecule has 1 atom stereocenters. The Bertz CT molecular complexity index is 1110. The van der Waals surface area contributed by atoms with E-state index in [0.29, 0.717) is 31.3 Å². The highest BCUT2D eigenvalue weighted by Crippen LogP contribution is 2.30. The van der Waals surface area contributed by atoms with E-state index in [0.717, 1.165) is 16.7 Å². The number of carbonyl (C=O) groups excluding carboxylic acids is 2. The van der Waals surface area contributed by atoms with Gasteiger partial charge in [-0.25, -0.2) is 4.79 Å². The number of rotatable bonds is 15. The van der Waals surface area contributed by atoms with Crippen molar-refractivity contribution in [1.29, 1.82) is 0 Å². The van der Waals surface area contributed by atoms with Crippen LogP contribution in [0.5, 0.6) is 11.5 Å². The standard InChI is InChI=1S/C29H33NO7/c1-33-15-16-35-21-28(31)30-25(29(32)34-2)17-24-13-14-26(36-19-22-9-5-3-6-10-22)27(18-24)37-20-23-11-7-4-8-12-23/h3-14,18,25H,15-17,19-21H2,1-2H3,(H,30,31)/t25-/m1/s1. The van der Waals surface area contributed by atoms with E-state index < -0.39 is 17.9 Å². The van der Waals surface area contributed by atoms with Crippen LogP contribution in [-0.2, 0) is 43.4 Å². The van der Waals surface area contributed by atoms with Crippen molar-refractivity contribution in [3.63, 3.8) is 0 Å². The molecular formula is C29H33NO7. The van der Waals surface area contributed by atoms with Gasteiger partial charge in [-0.1, -0.05) is 66.7 Å². The summed E-state index contributed by atoms with van der Waals surface area (Å²) >= 11 is 0. The second-order valence-electron chi connectivity index (χ2n) is 8.22. The Balaban J connectivity index is 1.73. The Morgan fingerprint density at radius 3 is 1.97 bits per heavy atom. The minimum atomic E-state index is -0.887. The van der Waals surface area contributed by atoms with E-state index >= 15 is 0 Å². The first-order valence-corrected chi connectivity index (χ1v) is 12.0. The third-order valence-electron chi connectivity index (χ3n) is 5.41. The van der Waals surface area contributed by atoms with Crippen LogP contribution < -0.4 is 14.8 Å². The number of amides is 1. The second-order valence-corrected chi connectivity index (χ2v) is 8.22. The number of benzene rings is 3. The molecule has 0 aromatic heterocycles. The van der Waals surface area contributed by atoms with Gasteiger partial charge < -0.3 is 29.0 Å². The molecule has 0 aliphatic carbocycles. The summed E-state index contributed by atoms with van der Waals surface area (Å²) in [6, 6.07) is 24.2. The molecular weight excluding hydrogens is 474 g/mol. The summed E-state index contributed by atoms with van der Waals surface area (Å²) < 4.78 is 27.2. The number of esters is 1. The van der Waals surface area contributed by atoms with Crippen LogP contribution in [0.25, 0.3) is 0 Å². The molecule has 1 amide bonds. The van der Waals surface area contributed by atoms with Crippen molar-refractivity contribution in [3.05, 3.63) is 95.6 Å². The quantitative estimate of drug-likeness (QED) is 0.248. The van der Waals surface area contributed by atoms with E-state index in [2.05, 4.69) is 5.32 Å². The highest BCUT2D eigenvalue weighted by atomic mass is 16.5. The van der Waals surface area contributed by atoms with Crippen LogP contribution in [0.2, 0.25) is 0 Å². The van der Waals surface area contributed by atoms with Crippen molar-refractivity contribution >= 4 is 11.9 Å². The third-order valence-corrected chi connectivity index (χ3v) is 5.41. The minimum absolute atomic E-state index is 0.186. The van der Waals surface area contributed by atoms with Crippen LogP contribution in [0, 0.1) is 0 Å². The predicted octanol–water partition coefficient (Wildman–Crippen LogP) is 3.71. The number of hydrogen-bond acceptors (Lipinski definition) is 7. The van der Waals surface area contributed by atoms with E-state index in [1.54, 1.807) is 7.11 Å². The Hall–Kier alpha value is -3.88. The number of carbonyl (C=O) groups is 2. The first-order chi connectivity index (χ1) is 18.1. The maximum Gasteiger partial charge on any atom is 0.328 e. The van der Waals surface area contributed by atoms with E-state index in [1.165, 1.54) is 7.11 Å². The van der Waals surface area contributed by atoms with Gasteiger partial charge >= 0.3 is 5.97 Å². The molecule has 37 heavy (non-hydrogen) atoms. The van der Waals surface area contributed by atoms with Crippen molar-refractivity contribution in [3.8, 4) is 11.5 Å². The van der Waals surface area contributed by atoms with Gasteiger partial charge in [-0.3, -0.25) is 4.79 Å². The maximum atomic E-state index is 12.4. The minimum Gasteiger partial charge on any atom is -0.485 e. The van der Waals surface area contributed by atoms with Gasteiger partial charge in [-0.05, 0) is 28.8 Å². The van der Waals surface area contributed by atoms with E-state index in [4.69, 9.17) is 23.7 Å². The van der Waals surface area contributed by atoms with Gasteiger partial charge in [0.05, 0.1) is 20.3 Å². The van der Waals surface area contributed by atoms with Crippen molar-refractivity contribution in [2.75, 3.05) is 34.0 Å². The summed E-state index contributed by atoms with van der Waals surface area (Å²) in [4.78, 5) is 24.7. The molecule has 0 unspecified atom stereocenters. The van der Waals surface area contributed by atoms with Crippen molar-refractivity contribution in [2.45, 2.75) is 25.7 Å². The van der Waals surface area contributed by atoms with E-state index in [1.807, 2.05) is 78.9 Å². The molecule has 0 saturated carbocycles. The fourth-order valence-corrected chi connectivity index (χ4v) is 3.50. The Morgan fingerprint density at radius 1 is 0.757 bits per heavy atom. The lowest BCUT2D eigenvalue weighted by Gasteiger charge is -2.18. The van der Waals surface area contributed by atoms with Crippen LogP contribution in [-0.4, -0.2) is 52.0 Å². The average molecular weight is 508 g/mol. The predicted molar refractivity (Wildman–Crippen MR) is 138 cm³/mol. The molecule has 3 rings (SSSR count). The summed E-state index contributed by atoms with van der Waals surface area (Å²) in [6.45, 7) is 1.19. The van der Waals surface area contributed by atoms with Crippen LogP contribution >= 0.6 is 0 Å². The Morgan fingerprint density at radius 2 is 1.38 bits per heavy atom. The smallest absolute Gasteiger partial charge is 0.328 e. The molecule has 8 heteroatoms. The maximum absolute atomic E-state index is 12.4. The lowest BCUT2D eigenvalue weighted by Crippen LogP contribution is -2.44. The van der Waals surface area contributed by atoms with Gasteiger partial charge in [0.2, 0.25) is 5.91 Å². The molecule has 0 spiro atoms. The van der Waals surface area contributed by atoms with Crippen LogP contribution in [0.4, 0.5) is 0 Å². The molecule has 0 fully saturated rings. The third kappa shape index (κ3) is 9.59. The fraction of sp³-hybridized carbons (Fsp3) is 0.310. The Kier molecular flexibility index (Phi) is 11.4. The first kappa shape index (κ1) is 27.7. The van der Waals surface area contributed by atoms with Crippen molar-refractivity contribution in [1.82, 2.24) is 5.32 Å². The molecule has 3 aromatic carbocycles. The number of ether oxygens (including phenoxy) is 5. The fourth-order valence-electron chi connectivity index (χ4n) is 3.50. The average Bonchev–Trinajstić information content (AvgIpc) is 2.94. The van der Waals surface area contributed by atoms with Gasteiger partial charge in [-0.15, -0.1) is 0 Å². The van der Waals surface area contributed by atoms with E-state index in [9.17, 15) is 9.59 Å². The van der Waals surface area contributed by atoms with Gasteiger partial charge in [0.15, 0.2) is 11.5 Å². The lowest BCUT2D eigenvalue weighted by atomic mass is 10.0. The molecule has 1 N–H and O–H groups in total. The van der Waals surface area contributed by atoms with Crippen LogP contribution in [0.1, 0.15) is 16.7 Å². The topological polar surface area (TPSA) is 92.3 Å². The van der Waals surface area contributed by atoms with E-state index in [-0.39, 0.29) is 19.6 Å². The monoisotopic (exact) mass is 507 g/mol. The zero-order chi connectivity index (χ0) is 26.3. The molecule has 0 aliphatic heterocycles. The molecule has 8 nitrogen and oxygen atoms in total. The van der Waals surface area contributed by atoms with Crippen LogP contribution in [0.15, 0.2) is 78.9 Å². The molecule has 0 heterocycles. The number of methoxy groups -OCH3 is 2. The molecule has 0 aliphatic rings. The summed E-state index contributed by atoms with van der Waals surface area (Å²) in [7, 11) is 2.83.